The highest BCUT2D eigenvalue weighted by molar-refractivity contribution is 7.97. The molecule has 0 bridgehead atoms. The van der Waals surface area contributed by atoms with Gasteiger partial charge in [0.1, 0.15) is 32.9 Å². The summed E-state index contributed by atoms with van der Waals surface area (Å²) in [6.07, 6.45) is 0. The van der Waals surface area contributed by atoms with E-state index in [1.165, 1.54) is 9.79 Å². The van der Waals surface area contributed by atoms with Crippen LogP contribution in [0.3, 0.4) is 0 Å². The number of halogens is 2. The van der Waals surface area contributed by atoms with E-state index in [1.807, 2.05) is 48.5 Å². The third-order valence-electron chi connectivity index (χ3n) is 5.90. The summed E-state index contributed by atoms with van der Waals surface area (Å²) in [5.41, 5.74) is 1.26. The maximum atomic E-state index is 13.1. The first-order valence-electron chi connectivity index (χ1n) is 11.9. The summed E-state index contributed by atoms with van der Waals surface area (Å²) in [6.45, 7) is 0. The Kier molecular flexibility index (Phi) is 7.79. The molecule has 0 radical (unpaired) electrons. The maximum absolute atomic E-state index is 13.1. The molecule has 0 saturated heterocycles. The lowest BCUT2D eigenvalue weighted by Crippen LogP contribution is -2.07. The first kappa shape index (κ1) is 27.3. The van der Waals surface area contributed by atoms with Crippen molar-refractivity contribution in [3.05, 3.63) is 143 Å². The first-order chi connectivity index (χ1) is 19.2. The molecule has 1 heterocycles. The Bertz CT molecular complexity index is 1940. The van der Waals surface area contributed by atoms with Crippen LogP contribution in [0.15, 0.2) is 150 Å². The van der Waals surface area contributed by atoms with E-state index in [4.69, 9.17) is 4.42 Å². The second kappa shape index (κ2) is 11.4. The topological polar surface area (TPSA) is 87.4 Å². The summed E-state index contributed by atoms with van der Waals surface area (Å²) >= 11 is 0. The summed E-state index contributed by atoms with van der Waals surface area (Å²) in [5.74, 6) is -2.30. The van der Waals surface area contributed by atoms with Gasteiger partial charge in [0.15, 0.2) is 14.7 Å². The van der Waals surface area contributed by atoms with Gasteiger partial charge < -0.3 is 8.97 Å². The Morgan fingerprint density at radius 3 is 1.80 bits per heavy atom. The highest BCUT2D eigenvalue weighted by Gasteiger charge is 2.29. The normalized spacial score (nSPS) is 11.4. The Morgan fingerprint density at radius 2 is 1.20 bits per heavy atom. The molecular weight excluding hydrogens is 554 g/mol. The molecule has 0 amide bonds. The first-order valence-corrected chi connectivity index (χ1v) is 14.6. The molecule has 6 rings (SSSR count). The SMILES string of the molecule is O=S(=O)([O-])c1ccc(F)cc1F.O=c1c2ccccc2oc2ccc([S+](c3ccccc3)c3ccccc3)cc12. The Labute approximate surface area is 231 Å². The molecular formula is C31H20F2O5S2. The minimum atomic E-state index is -4.84. The van der Waals surface area contributed by atoms with Crippen molar-refractivity contribution in [1.82, 2.24) is 0 Å². The molecule has 0 fully saturated rings. The predicted molar refractivity (Wildman–Crippen MR) is 149 cm³/mol. The standard InChI is InChI=1S/C25H17O2S.C6H4F2O3S/c26-25-21-13-7-8-14-23(21)27-24-16-15-20(17-22(24)25)28(18-9-3-1-4-10-18)19-11-5-2-6-12-19;7-4-1-2-6(5(8)3-4)12(9,10)11/h1-17H;1-3H,(H,9,10,11)/q+1;/p-1. The third-order valence-corrected chi connectivity index (χ3v) is 8.99. The molecule has 1 aromatic heterocycles. The fraction of sp³-hybridized carbons (Fsp3) is 0. The Balaban J connectivity index is 0.000000227. The number of para-hydroxylation sites is 1. The number of fused-ring (bicyclic) bond motifs is 2. The number of benzene rings is 5. The molecule has 0 saturated carbocycles. The molecule has 0 unspecified atom stereocenters. The molecule has 0 N–H and O–H groups in total. The van der Waals surface area contributed by atoms with Crippen molar-refractivity contribution >= 4 is 43.0 Å². The van der Waals surface area contributed by atoms with Crippen LogP contribution in [0.4, 0.5) is 8.78 Å². The quantitative estimate of drug-likeness (QED) is 0.130. The zero-order chi connectivity index (χ0) is 28.3. The van der Waals surface area contributed by atoms with Crippen LogP contribution < -0.4 is 5.43 Å². The van der Waals surface area contributed by atoms with Gasteiger partial charge in [-0.2, -0.15) is 0 Å². The zero-order valence-corrected chi connectivity index (χ0v) is 22.3. The molecule has 5 aromatic carbocycles. The van der Waals surface area contributed by atoms with Gasteiger partial charge in [0.05, 0.1) is 26.6 Å². The van der Waals surface area contributed by atoms with Crippen molar-refractivity contribution in [2.75, 3.05) is 0 Å². The lowest BCUT2D eigenvalue weighted by Gasteiger charge is -2.09. The van der Waals surface area contributed by atoms with Gasteiger partial charge in [0.2, 0.25) is 5.43 Å². The van der Waals surface area contributed by atoms with Crippen molar-refractivity contribution in [2.24, 2.45) is 0 Å². The minimum absolute atomic E-state index is 0.0170. The molecule has 40 heavy (non-hydrogen) atoms. The largest absolute Gasteiger partial charge is 0.744 e. The lowest BCUT2D eigenvalue weighted by molar-refractivity contribution is 0.453. The van der Waals surface area contributed by atoms with Crippen molar-refractivity contribution in [3.8, 4) is 0 Å². The van der Waals surface area contributed by atoms with E-state index >= 15 is 0 Å². The van der Waals surface area contributed by atoms with Crippen LogP contribution in [-0.4, -0.2) is 13.0 Å². The Hall–Kier alpha value is -4.31. The molecule has 0 aliphatic carbocycles. The lowest BCUT2D eigenvalue weighted by atomic mass is 10.1. The monoisotopic (exact) mass is 574 g/mol. The van der Waals surface area contributed by atoms with Crippen LogP contribution in [0.25, 0.3) is 21.9 Å². The highest BCUT2D eigenvalue weighted by atomic mass is 32.2. The van der Waals surface area contributed by atoms with Crippen LogP contribution in [-0.2, 0) is 21.0 Å². The summed E-state index contributed by atoms with van der Waals surface area (Å²) < 4.78 is 61.4. The van der Waals surface area contributed by atoms with Gasteiger partial charge in [-0.3, -0.25) is 4.79 Å². The van der Waals surface area contributed by atoms with Gasteiger partial charge in [-0.1, -0.05) is 48.5 Å². The molecule has 5 nitrogen and oxygen atoms in total. The van der Waals surface area contributed by atoms with Crippen LogP contribution in [0.1, 0.15) is 0 Å². The van der Waals surface area contributed by atoms with Gasteiger partial charge in [-0.05, 0) is 60.7 Å². The fourth-order valence-corrected chi connectivity index (χ4v) is 6.76. The van der Waals surface area contributed by atoms with Gasteiger partial charge in [0, 0.05) is 12.1 Å². The molecule has 200 valence electrons. The van der Waals surface area contributed by atoms with Gasteiger partial charge in [0.25, 0.3) is 0 Å². The third kappa shape index (κ3) is 5.81. The Morgan fingerprint density at radius 1 is 0.625 bits per heavy atom. The average Bonchev–Trinajstić information content (AvgIpc) is 2.94. The second-order valence-corrected chi connectivity index (χ2v) is 11.9. The highest BCUT2D eigenvalue weighted by Crippen LogP contribution is 2.32. The summed E-state index contributed by atoms with van der Waals surface area (Å²) in [5, 5.41) is 1.24. The van der Waals surface area contributed by atoms with Gasteiger partial charge >= 0.3 is 0 Å². The molecule has 9 heteroatoms. The van der Waals surface area contributed by atoms with E-state index in [2.05, 4.69) is 54.6 Å². The molecule has 6 aromatic rings. The van der Waals surface area contributed by atoms with Gasteiger partial charge in [-0.15, -0.1) is 0 Å². The molecule has 0 aliphatic heterocycles. The van der Waals surface area contributed by atoms with E-state index in [9.17, 15) is 26.5 Å². The molecule has 0 atom stereocenters. The smallest absolute Gasteiger partial charge is 0.200 e. The van der Waals surface area contributed by atoms with Crippen LogP contribution in [0.2, 0.25) is 0 Å². The fourth-order valence-electron chi connectivity index (χ4n) is 4.11. The second-order valence-electron chi connectivity index (χ2n) is 8.55. The summed E-state index contributed by atoms with van der Waals surface area (Å²) in [6, 6.07) is 35.9. The minimum Gasteiger partial charge on any atom is -0.744 e. The van der Waals surface area contributed by atoms with Crippen molar-refractivity contribution < 1.29 is 26.2 Å². The summed E-state index contributed by atoms with van der Waals surface area (Å²) in [4.78, 5) is 15.6. The van der Waals surface area contributed by atoms with Crippen molar-refractivity contribution in [1.29, 1.82) is 0 Å². The number of rotatable bonds is 4. The van der Waals surface area contributed by atoms with E-state index in [0.29, 0.717) is 40.1 Å². The maximum Gasteiger partial charge on any atom is 0.200 e. The zero-order valence-electron chi connectivity index (χ0n) is 20.7. The summed E-state index contributed by atoms with van der Waals surface area (Å²) in [7, 11) is -5.14. The van der Waals surface area contributed by atoms with E-state index in [-0.39, 0.29) is 16.3 Å². The van der Waals surface area contributed by atoms with Crippen LogP contribution >= 0.6 is 0 Å². The van der Waals surface area contributed by atoms with Crippen LogP contribution in [0, 0.1) is 11.6 Å². The van der Waals surface area contributed by atoms with E-state index < -0.39 is 26.6 Å². The predicted octanol–water partition coefficient (Wildman–Crippen LogP) is 6.91. The van der Waals surface area contributed by atoms with Crippen LogP contribution in [0.5, 0.6) is 0 Å². The van der Waals surface area contributed by atoms with E-state index in [0.717, 1.165) is 4.90 Å². The van der Waals surface area contributed by atoms with Gasteiger partial charge in [-0.25, -0.2) is 17.2 Å². The number of hydrogen-bond donors (Lipinski definition) is 0. The van der Waals surface area contributed by atoms with Crippen molar-refractivity contribution in [3.63, 3.8) is 0 Å². The number of hydrogen-bond acceptors (Lipinski definition) is 5. The average molecular weight is 575 g/mol. The van der Waals surface area contributed by atoms with Crippen molar-refractivity contribution in [2.45, 2.75) is 19.6 Å². The van der Waals surface area contributed by atoms with E-state index in [1.54, 1.807) is 0 Å². The molecule has 0 spiro atoms. The molecule has 0 aliphatic rings.